The van der Waals surface area contributed by atoms with Crippen LogP contribution in [0.2, 0.25) is 0 Å². The first-order valence-corrected chi connectivity index (χ1v) is 9.96. The van der Waals surface area contributed by atoms with E-state index in [1.807, 2.05) is 30.9 Å². The number of amides is 2. The van der Waals surface area contributed by atoms with Crippen molar-refractivity contribution < 1.29 is 14.3 Å². The summed E-state index contributed by atoms with van der Waals surface area (Å²) in [5.74, 6) is 0.938. The molecule has 0 spiro atoms. The van der Waals surface area contributed by atoms with Gasteiger partial charge in [-0.05, 0) is 50.3 Å². The summed E-state index contributed by atoms with van der Waals surface area (Å²) in [5, 5.41) is 0. The van der Waals surface area contributed by atoms with Gasteiger partial charge < -0.3 is 14.5 Å². The fraction of sp³-hybridized carbons (Fsp3) is 0.579. The van der Waals surface area contributed by atoms with E-state index >= 15 is 0 Å². The molecule has 0 aliphatic carbocycles. The molecule has 3 rings (SSSR count). The van der Waals surface area contributed by atoms with E-state index in [1.165, 1.54) is 5.56 Å². The lowest BCUT2D eigenvalue weighted by atomic mass is 9.99. The van der Waals surface area contributed by atoms with E-state index < -0.39 is 0 Å². The Bertz CT molecular complexity index is 644. The first-order chi connectivity index (χ1) is 12.1. The van der Waals surface area contributed by atoms with Gasteiger partial charge in [-0.2, -0.15) is 0 Å². The molecule has 1 fully saturated rings. The highest BCUT2D eigenvalue weighted by molar-refractivity contribution is 8.00. The number of carbonyl (C=O) groups is 2. The molecule has 2 aliphatic rings. The number of rotatable bonds is 5. The van der Waals surface area contributed by atoms with Crippen molar-refractivity contribution in [3.63, 3.8) is 0 Å². The van der Waals surface area contributed by atoms with Crippen molar-refractivity contribution in [2.75, 3.05) is 43.5 Å². The number of hydrogen-bond acceptors (Lipinski definition) is 4. The third kappa shape index (κ3) is 4.36. The molecule has 1 aromatic carbocycles. The number of carbonyl (C=O) groups excluding carboxylic acids is 2. The highest BCUT2D eigenvalue weighted by Crippen LogP contribution is 2.35. The van der Waals surface area contributed by atoms with Gasteiger partial charge in [0.05, 0.1) is 11.4 Å². The SMILES string of the molecule is CCN(CC1CCOCC1)C(=O)CN1C(=O)CSc2cc(C)ccc21. The van der Waals surface area contributed by atoms with E-state index in [0.717, 1.165) is 43.2 Å². The van der Waals surface area contributed by atoms with Crippen LogP contribution in [0.25, 0.3) is 0 Å². The molecule has 0 aromatic heterocycles. The van der Waals surface area contributed by atoms with Gasteiger partial charge >= 0.3 is 0 Å². The lowest BCUT2D eigenvalue weighted by Crippen LogP contribution is -2.46. The molecular formula is C19H26N2O3S. The number of ether oxygens (including phenoxy) is 1. The van der Waals surface area contributed by atoms with Gasteiger partial charge in [0.15, 0.2) is 0 Å². The molecule has 1 saturated heterocycles. The van der Waals surface area contributed by atoms with E-state index in [4.69, 9.17) is 4.74 Å². The molecule has 0 radical (unpaired) electrons. The minimum absolute atomic E-state index is 0.0109. The number of aryl methyl sites for hydroxylation is 1. The summed E-state index contributed by atoms with van der Waals surface area (Å²) in [6, 6.07) is 6.04. The number of hydrogen-bond donors (Lipinski definition) is 0. The summed E-state index contributed by atoms with van der Waals surface area (Å²) < 4.78 is 5.40. The van der Waals surface area contributed by atoms with Gasteiger partial charge in [-0.15, -0.1) is 11.8 Å². The first-order valence-electron chi connectivity index (χ1n) is 8.97. The van der Waals surface area contributed by atoms with Gasteiger partial charge in [-0.3, -0.25) is 9.59 Å². The molecule has 0 bridgehead atoms. The van der Waals surface area contributed by atoms with Gasteiger partial charge in [-0.1, -0.05) is 6.07 Å². The fourth-order valence-electron chi connectivity index (χ4n) is 3.37. The van der Waals surface area contributed by atoms with E-state index in [9.17, 15) is 9.59 Å². The van der Waals surface area contributed by atoms with Crippen molar-refractivity contribution in [2.45, 2.75) is 31.6 Å². The number of anilines is 1. The molecule has 5 nitrogen and oxygen atoms in total. The topological polar surface area (TPSA) is 49.9 Å². The van der Waals surface area contributed by atoms with Gasteiger partial charge in [0.2, 0.25) is 11.8 Å². The summed E-state index contributed by atoms with van der Waals surface area (Å²) in [5.41, 5.74) is 2.03. The van der Waals surface area contributed by atoms with Crippen LogP contribution in [-0.2, 0) is 14.3 Å². The largest absolute Gasteiger partial charge is 0.381 e. The van der Waals surface area contributed by atoms with Crippen molar-refractivity contribution >= 4 is 29.3 Å². The molecule has 0 N–H and O–H groups in total. The smallest absolute Gasteiger partial charge is 0.242 e. The zero-order valence-corrected chi connectivity index (χ0v) is 15.8. The van der Waals surface area contributed by atoms with Crippen molar-refractivity contribution in [3.8, 4) is 0 Å². The van der Waals surface area contributed by atoms with Crippen LogP contribution in [0.5, 0.6) is 0 Å². The molecule has 0 atom stereocenters. The van der Waals surface area contributed by atoms with Crippen molar-refractivity contribution in [2.24, 2.45) is 5.92 Å². The maximum atomic E-state index is 12.8. The van der Waals surface area contributed by atoms with Gasteiger partial charge in [0.1, 0.15) is 6.54 Å². The summed E-state index contributed by atoms with van der Waals surface area (Å²) in [4.78, 5) is 29.9. The van der Waals surface area contributed by atoms with Crippen LogP contribution in [0.4, 0.5) is 5.69 Å². The predicted molar refractivity (Wildman–Crippen MR) is 100 cm³/mol. The maximum Gasteiger partial charge on any atom is 0.242 e. The molecule has 0 saturated carbocycles. The number of nitrogens with zero attached hydrogens (tertiary/aromatic N) is 2. The number of fused-ring (bicyclic) bond motifs is 1. The monoisotopic (exact) mass is 362 g/mol. The zero-order valence-electron chi connectivity index (χ0n) is 15.0. The summed E-state index contributed by atoms with van der Waals surface area (Å²) in [6.07, 6.45) is 2.01. The van der Waals surface area contributed by atoms with Crippen molar-refractivity contribution in [1.29, 1.82) is 0 Å². The van der Waals surface area contributed by atoms with Gasteiger partial charge in [-0.25, -0.2) is 0 Å². The van der Waals surface area contributed by atoms with Crippen LogP contribution in [0.15, 0.2) is 23.1 Å². The first kappa shape index (κ1) is 18.3. The number of thioether (sulfide) groups is 1. The Labute approximate surface area is 153 Å². The summed E-state index contributed by atoms with van der Waals surface area (Å²) >= 11 is 1.55. The highest BCUT2D eigenvalue weighted by atomic mass is 32.2. The van der Waals surface area contributed by atoms with Crippen LogP contribution in [0.3, 0.4) is 0 Å². The van der Waals surface area contributed by atoms with Gasteiger partial charge in [0.25, 0.3) is 0 Å². The third-order valence-electron chi connectivity index (χ3n) is 4.91. The minimum Gasteiger partial charge on any atom is -0.381 e. The van der Waals surface area contributed by atoms with Crippen LogP contribution in [0.1, 0.15) is 25.3 Å². The Balaban J connectivity index is 1.69. The number of likely N-dealkylation sites (N-methyl/N-ethyl adjacent to an activating group) is 1. The average molecular weight is 362 g/mol. The molecule has 25 heavy (non-hydrogen) atoms. The Morgan fingerprint density at radius 2 is 2.12 bits per heavy atom. The Morgan fingerprint density at radius 3 is 2.84 bits per heavy atom. The lowest BCUT2D eigenvalue weighted by molar-refractivity contribution is -0.132. The van der Waals surface area contributed by atoms with E-state index in [0.29, 0.717) is 18.2 Å². The normalized spacial score (nSPS) is 18.2. The molecule has 2 heterocycles. The number of benzene rings is 1. The zero-order chi connectivity index (χ0) is 17.8. The van der Waals surface area contributed by atoms with Crippen molar-refractivity contribution in [3.05, 3.63) is 23.8 Å². The molecule has 136 valence electrons. The van der Waals surface area contributed by atoms with Crippen LogP contribution < -0.4 is 4.90 Å². The molecule has 0 unspecified atom stereocenters. The maximum absolute atomic E-state index is 12.8. The van der Waals surface area contributed by atoms with Gasteiger partial charge in [0, 0.05) is 31.2 Å². The summed E-state index contributed by atoms with van der Waals surface area (Å²) in [6.45, 7) is 7.17. The van der Waals surface area contributed by atoms with Crippen LogP contribution in [-0.4, -0.2) is 55.3 Å². The minimum atomic E-state index is 0.0109. The second kappa shape index (κ2) is 8.23. The van der Waals surface area contributed by atoms with Crippen LogP contribution in [0, 0.1) is 12.8 Å². The average Bonchev–Trinajstić information content (AvgIpc) is 2.62. The second-order valence-corrected chi connectivity index (χ2v) is 7.75. The van der Waals surface area contributed by atoms with Crippen molar-refractivity contribution in [1.82, 2.24) is 4.90 Å². The predicted octanol–water partition coefficient (Wildman–Crippen LogP) is 2.71. The fourth-order valence-corrected chi connectivity index (χ4v) is 4.40. The molecule has 2 aliphatic heterocycles. The standard InChI is InChI=1S/C19H26N2O3S/c1-3-20(11-15-6-8-24-9-7-15)18(22)12-21-16-5-4-14(2)10-17(16)25-13-19(21)23/h4-5,10,15H,3,6-9,11-13H2,1-2H3. The molecule has 6 heteroatoms. The highest BCUT2D eigenvalue weighted by Gasteiger charge is 2.29. The Kier molecular flexibility index (Phi) is 6.02. The molecule has 2 amide bonds. The summed E-state index contributed by atoms with van der Waals surface area (Å²) in [7, 11) is 0. The van der Waals surface area contributed by atoms with Crippen LogP contribution >= 0.6 is 11.8 Å². The van der Waals surface area contributed by atoms with E-state index in [2.05, 4.69) is 6.07 Å². The second-order valence-electron chi connectivity index (χ2n) is 6.73. The third-order valence-corrected chi connectivity index (χ3v) is 5.93. The quantitative estimate of drug-likeness (QED) is 0.808. The Hall–Kier alpha value is -1.53. The lowest BCUT2D eigenvalue weighted by Gasteiger charge is -2.33. The molecule has 1 aromatic rings. The van der Waals surface area contributed by atoms with E-state index in [-0.39, 0.29) is 18.4 Å². The molecular weight excluding hydrogens is 336 g/mol. The Morgan fingerprint density at radius 1 is 1.36 bits per heavy atom. The van der Waals surface area contributed by atoms with E-state index in [1.54, 1.807) is 16.7 Å².